The Morgan fingerprint density at radius 3 is 2.66 bits per heavy atom. The summed E-state index contributed by atoms with van der Waals surface area (Å²) in [5.41, 5.74) is -0.929. The summed E-state index contributed by atoms with van der Waals surface area (Å²) in [5.74, 6) is -2.33. The molecule has 0 aliphatic rings. The number of alkyl halides is 3. The van der Waals surface area contributed by atoms with Crippen LogP contribution < -0.4 is 20.9 Å². The molecule has 0 spiro atoms. The average molecular weight is 583 g/mol. The van der Waals surface area contributed by atoms with Gasteiger partial charge in [0.2, 0.25) is 11.8 Å². The summed E-state index contributed by atoms with van der Waals surface area (Å²) in [6, 6.07) is 3.24. The van der Waals surface area contributed by atoms with Crippen molar-refractivity contribution in [2.24, 2.45) is 0 Å². The van der Waals surface area contributed by atoms with Gasteiger partial charge >= 0.3 is 12.3 Å². The number of rotatable bonds is 11. The van der Waals surface area contributed by atoms with Gasteiger partial charge in [-0.25, -0.2) is 14.2 Å². The van der Waals surface area contributed by atoms with Crippen LogP contribution in [0.4, 0.5) is 28.0 Å². The maximum atomic E-state index is 13.9. The molecule has 3 rings (SSSR count). The summed E-state index contributed by atoms with van der Waals surface area (Å²) < 4.78 is 57.5. The van der Waals surface area contributed by atoms with Crippen molar-refractivity contribution in [3.8, 4) is 5.75 Å². The first-order chi connectivity index (χ1) is 19.2. The zero-order valence-electron chi connectivity index (χ0n) is 21.8. The number of carbonyl (C=O) groups excluding carboxylic acids is 2. The molecule has 0 fully saturated rings. The van der Waals surface area contributed by atoms with Crippen LogP contribution in [0.3, 0.4) is 0 Å². The molecule has 16 heteroatoms. The largest absolute Gasteiger partial charge is 0.482 e. The number of benzene rings is 1. The van der Waals surface area contributed by atoms with E-state index in [1.165, 1.54) is 35.4 Å². The molecule has 220 valence electrons. The first-order valence-corrected chi connectivity index (χ1v) is 12.0. The normalized spacial score (nSPS) is 12.3. The van der Waals surface area contributed by atoms with Gasteiger partial charge in [0.25, 0.3) is 5.56 Å². The minimum atomic E-state index is -4.66. The molecule has 3 aromatic rings. The van der Waals surface area contributed by atoms with Crippen LogP contribution in [0.1, 0.15) is 18.7 Å². The number of hydrogen-bond acceptors (Lipinski definition) is 6. The van der Waals surface area contributed by atoms with E-state index in [1.54, 1.807) is 14.1 Å². The van der Waals surface area contributed by atoms with E-state index in [0.29, 0.717) is 0 Å². The van der Waals surface area contributed by atoms with Gasteiger partial charge in [0.15, 0.2) is 12.4 Å². The number of H-pyrrole nitrogens is 1. The Kier molecular flexibility index (Phi) is 9.70. The zero-order chi connectivity index (χ0) is 30.3. The Morgan fingerprint density at radius 2 is 2.00 bits per heavy atom. The molecule has 4 N–H and O–H groups in total. The number of likely N-dealkylation sites (N-methyl/N-ethyl adjacent to an activating group) is 1. The first-order valence-electron chi connectivity index (χ1n) is 12.0. The van der Waals surface area contributed by atoms with Crippen molar-refractivity contribution < 1.29 is 41.8 Å². The van der Waals surface area contributed by atoms with Crippen LogP contribution in [0.2, 0.25) is 0 Å². The molecule has 1 atom stereocenters. The Balaban J connectivity index is 1.77. The molecule has 1 unspecified atom stereocenters. The van der Waals surface area contributed by atoms with E-state index >= 15 is 0 Å². The van der Waals surface area contributed by atoms with E-state index in [-0.39, 0.29) is 47.8 Å². The van der Waals surface area contributed by atoms with Crippen LogP contribution in [-0.4, -0.2) is 75.4 Å². The third kappa shape index (κ3) is 8.81. The Morgan fingerprint density at radius 1 is 1.27 bits per heavy atom. The molecule has 41 heavy (non-hydrogen) atoms. The highest BCUT2D eigenvalue weighted by atomic mass is 19.4. The van der Waals surface area contributed by atoms with Gasteiger partial charge in [0.1, 0.15) is 28.9 Å². The summed E-state index contributed by atoms with van der Waals surface area (Å²) in [4.78, 5) is 56.8. The van der Waals surface area contributed by atoms with Gasteiger partial charge in [-0.3, -0.25) is 14.4 Å². The minimum Gasteiger partial charge on any atom is -0.482 e. The van der Waals surface area contributed by atoms with Gasteiger partial charge in [0, 0.05) is 26.4 Å². The lowest BCUT2D eigenvalue weighted by molar-refractivity contribution is -0.153. The molecule has 0 radical (unpaired) electrons. The Labute approximate surface area is 229 Å². The van der Waals surface area contributed by atoms with Crippen molar-refractivity contribution in [3.05, 3.63) is 64.6 Å². The summed E-state index contributed by atoms with van der Waals surface area (Å²) in [5, 5.41) is 13.6. The molecule has 0 aliphatic carbocycles. The van der Waals surface area contributed by atoms with Crippen LogP contribution in [0.25, 0.3) is 11.0 Å². The van der Waals surface area contributed by atoms with Crippen LogP contribution in [0.5, 0.6) is 5.75 Å². The quantitative estimate of drug-likeness (QED) is 0.200. The van der Waals surface area contributed by atoms with E-state index in [4.69, 9.17) is 5.11 Å². The Bertz CT molecular complexity index is 1510. The molecule has 12 nitrogen and oxygen atoms in total. The van der Waals surface area contributed by atoms with Crippen molar-refractivity contribution >= 4 is 34.6 Å². The van der Waals surface area contributed by atoms with Crippen LogP contribution in [0, 0.1) is 5.82 Å². The van der Waals surface area contributed by atoms with Gasteiger partial charge in [0.05, 0.1) is 12.1 Å². The maximum absolute atomic E-state index is 13.9. The van der Waals surface area contributed by atoms with Crippen molar-refractivity contribution in [1.82, 2.24) is 24.8 Å². The van der Waals surface area contributed by atoms with E-state index in [0.717, 1.165) is 16.7 Å². The highest BCUT2D eigenvalue weighted by molar-refractivity contribution is 5.96. The fourth-order valence-corrected chi connectivity index (χ4v) is 3.60. The predicted octanol–water partition coefficient (Wildman–Crippen LogP) is 2.85. The van der Waals surface area contributed by atoms with Gasteiger partial charge in [-0.2, -0.15) is 13.2 Å². The average Bonchev–Trinajstić information content (AvgIpc) is 3.28. The molecule has 3 amide bonds. The summed E-state index contributed by atoms with van der Waals surface area (Å²) in [6.45, 7) is -1.89. The van der Waals surface area contributed by atoms with Crippen LogP contribution in [-0.2, 0) is 16.1 Å². The monoisotopic (exact) mass is 582 g/mol. The number of hydrogen-bond donors (Lipinski definition) is 4. The number of carbonyl (C=O) groups is 3. The second-order valence-corrected chi connectivity index (χ2v) is 8.95. The van der Waals surface area contributed by atoms with Crippen LogP contribution >= 0.6 is 0 Å². The molecule has 0 saturated heterocycles. The number of halogens is 4. The maximum Gasteiger partial charge on any atom is 0.422 e. The number of nitrogens with one attached hydrogen (secondary N) is 3. The number of ether oxygens (including phenoxy) is 1. The number of aromatic amines is 1. The second-order valence-electron chi connectivity index (χ2n) is 8.95. The predicted molar refractivity (Wildman–Crippen MR) is 138 cm³/mol. The van der Waals surface area contributed by atoms with E-state index < -0.39 is 48.0 Å². The number of pyridine rings is 1. The lowest BCUT2D eigenvalue weighted by Gasteiger charge is -2.16. The fourth-order valence-electron chi connectivity index (χ4n) is 3.60. The van der Waals surface area contributed by atoms with Crippen molar-refractivity contribution in [3.63, 3.8) is 0 Å². The van der Waals surface area contributed by atoms with Gasteiger partial charge in [-0.1, -0.05) is 6.08 Å². The second kappa shape index (κ2) is 13.0. The summed E-state index contributed by atoms with van der Waals surface area (Å²) in [7, 11) is 3.11. The molecule has 0 aliphatic heterocycles. The molecular weight excluding hydrogens is 556 g/mol. The van der Waals surface area contributed by atoms with E-state index in [9.17, 15) is 36.7 Å². The number of nitrogens with zero attached hydrogens (tertiary/aromatic N) is 3. The third-order valence-corrected chi connectivity index (χ3v) is 5.49. The number of allylic oxidation sites excluding steroid dienone is 1. The van der Waals surface area contributed by atoms with Gasteiger partial charge < -0.3 is 34.9 Å². The smallest absolute Gasteiger partial charge is 0.422 e. The third-order valence-electron chi connectivity index (χ3n) is 5.49. The first kappa shape index (κ1) is 30.6. The van der Waals surface area contributed by atoms with E-state index in [1.807, 2.05) is 0 Å². The number of aromatic nitrogens is 3. The lowest BCUT2D eigenvalue weighted by atomic mass is 10.1. The molecule has 2 aromatic heterocycles. The molecular formula is C25H26F4N6O6. The topological polar surface area (TPSA) is 159 Å². The van der Waals surface area contributed by atoms with E-state index in [2.05, 4.69) is 25.3 Å². The standard InChI is InChI=1S/C25H26F4N6O6/c1-34(2)20(36)8-4-3-6-15(32-24(39)40)22(37)31-16-7-5-9-35(23(16)38)12-19-30-17-10-14(26)11-18(21(17)33-19)41-13-25(27,28)29/h4-5,7-11,15,32H,3,6,12-13H2,1-2H3,(H,30,33)(H,31,37)(H,39,40)/b8-4+. The number of imidazole rings is 1. The molecule has 0 saturated carbocycles. The number of fused-ring (bicyclic) bond motifs is 1. The van der Waals surface area contributed by atoms with Gasteiger partial charge in [-0.15, -0.1) is 0 Å². The molecule has 2 heterocycles. The highest BCUT2D eigenvalue weighted by Gasteiger charge is 2.29. The Hall–Kier alpha value is -4.89. The lowest BCUT2D eigenvalue weighted by Crippen LogP contribution is -2.44. The minimum absolute atomic E-state index is 0.00927. The van der Waals surface area contributed by atoms with Crippen LogP contribution in [0.15, 0.2) is 47.4 Å². The van der Waals surface area contributed by atoms with Crippen molar-refractivity contribution in [1.29, 1.82) is 0 Å². The number of amides is 3. The number of anilines is 1. The highest BCUT2D eigenvalue weighted by Crippen LogP contribution is 2.27. The molecule has 0 bridgehead atoms. The molecule has 1 aromatic carbocycles. The fraction of sp³-hybridized carbons (Fsp3) is 0.320. The van der Waals surface area contributed by atoms with Crippen molar-refractivity contribution in [2.45, 2.75) is 31.6 Å². The number of carboxylic acid groups (broad SMARTS) is 1. The summed E-state index contributed by atoms with van der Waals surface area (Å²) in [6.07, 6.45) is -1.83. The SMILES string of the molecule is CN(C)C(=O)/C=C/CCC(NC(=O)O)C(=O)Nc1cccn(Cc2nc3c(OCC(F)(F)F)cc(F)cc3[nH]2)c1=O. The summed E-state index contributed by atoms with van der Waals surface area (Å²) >= 11 is 0. The van der Waals surface area contributed by atoms with Crippen molar-refractivity contribution in [2.75, 3.05) is 26.0 Å². The zero-order valence-corrected chi connectivity index (χ0v) is 21.8. The van der Waals surface area contributed by atoms with Gasteiger partial charge in [-0.05, 0) is 37.1 Å².